The fourth-order valence-corrected chi connectivity index (χ4v) is 4.13. The lowest BCUT2D eigenvalue weighted by Crippen LogP contribution is -2.29. The zero-order valence-corrected chi connectivity index (χ0v) is 14.3. The van der Waals surface area contributed by atoms with Crippen molar-refractivity contribution < 1.29 is 9.59 Å². The number of Topliss-reactive ketones (excluding diaryl/α,β-unsaturated/α-hetero) is 2. The average Bonchev–Trinajstić information content (AvgIpc) is 2.64. The molecular weight excluding hydrogens is 358 g/mol. The van der Waals surface area contributed by atoms with Crippen molar-refractivity contribution in [3.8, 4) is 0 Å². The molecule has 0 saturated heterocycles. The van der Waals surface area contributed by atoms with Gasteiger partial charge in [0.05, 0.1) is 10.4 Å². The summed E-state index contributed by atoms with van der Waals surface area (Å²) < 4.78 is 0.649. The van der Waals surface area contributed by atoms with Gasteiger partial charge in [-0.2, -0.15) is 0 Å². The summed E-state index contributed by atoms with van der Waals surface area (Å²) >= 11 is 7.27. The van der Waals surface area contributed by atoms with Crippen LogP contribution in [0.1, 0.15) is 20.0 Å². The zero-order valence-electron chi connectivity index (χ0n) is 12.7. The highest BCUT2D eigenvalue weighted by molar-refractivity contribution is 7.20. The Morgan fingerprint density at radius 1 is 0.840 bits per heavy atom. The number of carbonyl (C=O) groups is 2. The van der Waals surface area contributed by atoms with E-state index in [1.807, 2.05) is 6.07 Å². The predicted octanol–water partition coefficient (Wildman–Crippen LogP) is 4.20. The fraction of sp³-hybridized carbons (Fsp3) is 0. The highest BCUT2D eigenvalue weighted by Crippen LogP contribution is 2.32. The van der Waals surface area contributed by atoms with Crippen molar-refractivity contribution in [2.75, 3.05) is 5.32 Å². The monoisotopic (exact) mass is 367 g/mol. The first-order chi connectivity index (χ1) is 12.1. The summed E-state index contributed by atoms with van der Waals surface area (Å²) in [5.74, 6) is -1.07. The largest absolute Gasteiger partial charge is 0.351 e. The number of ketones is 2. The van der Waals surface area contributed by atoms with Crippen LogP contribution >= 0.6 is 22.9 Å². The highest BCUT2D eigenvalue weighted by atomic mass is 35.5. The summed E-state index contributed by atoms with van der Waals surface area (Å²) in [7, 11) is 0. The van der Waals surface area contributed by atoms with Gasteiger partial charge in [-0.15, -0.1) is 11.3 Å². The number of fused-ring (bicyclic) bond motifs is 2. The molecule has 0 amide bonds. The molecule has 0 atom stereocenters. The van der Waals surface area contributed by atoms with Gasteiger partial charge in [0.25, 0.3) is 0 Å². The Balaban J connectivity index is 1.92. The number of rotatable bonds is 2. The Bertz CT molecular complexity index is 1130. The number of hydrogen-bond acceptors (Lipinski definition) is 5. The van der Waals surface area contributed by atoms with Crippen molar-refractivity contribution in [2.24, 2.45) is 0 Å². The summed E-state index contributed by atoms with van der Waals surface area (Å²) in [5, 5.41) is 3.09. The summed E-state index contributed by atoms with van der Waals surface area (Å²) in [5.41, 5.74) is -0.0159. The number of carbonyl (C=O) groups excluding carboxylic acids is 2. The molecule has 0 unspecified atom stereocenters. The normalized spacial score (nSPS) is 14.0. The summed E-state index contributed by atoms with van der Waals surface area (Å²) in [4.78, 5) is 38.4. The second kappa shape index (κ2) is 5.95. The molecule has 1 aromatic heterocycles. The van der Waals surface area contributed by atoms with E-state index in [1.165, 1.54) is 0 Å². The Morgan fingerprint density at radius 2 is 1.52 bits per heavy atom. The van der Waals surface area contributed by atoms with E-state index in [4.69, 9.17) is 11.6 Å². The molecule has 2 aromatic carbocycles. The summed E-state index contributed by atoms with van der Waals surface area (Å²) in [6.45, 7) is 0. The lowest BCUT2D eigenvalue weighted by atomic mass is 9.98. The average molecular weight is 368 g/mol. The lowest BCUT2D eigenvalue weighted by Gasteiger charge is -2.18. The molecule has 1 N–H and O–H groups in total. The number of nitrogens with one attached hydrogen (secondary N) is 1. The molecule has 0 bridgehead atoms. The maximum absolute atomic E-state index is 12.9. The van der Waals surface area contributed by atoms with Crippen LogP contribution in [-0.4, -0.2) is 11.6 Å². The minimum Gasteiger partial charge on any atom is -0.351 e. The van der Waals surface area contributed by atoms with E-state index in [-0.39, 0.29) is 21.2 Å². The number of hydrogen-bond donors (Lipinski definition) is 1. The van der Waals surface area contributed by atoms with Gasteiger partial charge >= 0.3 is 0 Å². The van der Waals surface area contributed by atoms with E-state index in [2.05, 4.69) is 5.32 Å². The topological polar surface area (TPSA) is 63.2 Å². The maximum Gasteiger partial charge on any atom is 0.217 e. The van der Waals surface area contributed by atoms with E-state index < -0.39 is 17.0 Å². The third-order valence-corrected chi connectivity index (χ3v) is 5.45. The predicted molar refractivity (Wildman–Crippen MR) is 99.7 cm³/mol. The standard InChI is InChI=1S/C19H10ClNO3S/c20-14-15(21-10-6-2-1-3-7-10)17(23)13-16(22)11-8-4-5-9-12(11)25-19(13)18(14)24/h1-9,21H. The van der Waals surface area contributed by atoms with Gasteiger partial charge in [0, 0.05) is 15.8 Å². The van der Waals surface area contributed by atoms with Gasteiger partial charge in [-0.3, -0.25) is 14.4 Å². The molecule has 1 aliphatic rings. The van der Waals surface area contributed by atoms with Crippen LogP contribution in [0.4, 0.5) is 5.69 Å². The van der Waals surface area contributed by atoms with Crippen molar-refractivity contribution in [1.82, 2.24) is 0 Å². The molecule has 0 aliphatic heterocycles. The number of allylic oxidation sites excluding steroid dienone is 2. The molecule has 4 rings (SSSR count). The first kappa shape index (κ1) is 15.7. The Hall–Kier alpha value is -2.76. The molecule has 122 valence electrons. The molecule has 0 fully saturated rings. The van der Waals surface area contributed by atoms with Gasteiger partial charge in [0.15, 0.2) is 5.43 Å². The molecular formula is C19H10ClNO3S. The van der Waals surface area contributed by atoms with Gasteiger partial charge in [0.1, 0.15) is 10.7 Å². The Kier molecular flexibility index (Phi) is 3.75. The van der Waals surface area contributed by atoms with Crippen LogP contribution in [0.15, 0.2) is 70.1 Å². The van der Waals surface area contributed by atoms with Crippen LogP contribution in [0.25, 0.3) is 10.1 Å². The molecule has 4 nitrogen and oxygen atoms in total. The van der Waals surface area contributed by atoms with Crippen LogP contribution in [0, 0.1) is 0 Å². The number of para-hydroxylation sites is 1. The fourth-order valence-electron chi connectivity index (χ4n) is 2.72. The maximum atomic E-state index is 12.9. The van der Waals surface area contributed by atoms with E-state index in [0.717, 1.165) is 11.3 Å². The van der Waals surface area contributed by atoms with Crippen LogP contribution in [0.5, 0.6) is 0 Å². The molecule has 0 spiro atoms. The molecule has 1 heterocycles. The highest BCUT2D eigenvalue weighted by Gasteiger charge is 2.35. The molecule has 6 heteroatoms. The smallest absolute Gasteiger partial charge is 0.217 e. The number of benzene rings is 2. The van der Waals surface area contributed by atoms with E-state index in [0.29, 0.717) is 15.8 Å². The molecule has 1 aliphatic carbocycles. The van der Waals surface area contributed by atoms with Crippen LogP contribution < -0.4 is 10.7 Å². The third kappa shape index (κ3) is 2.49. The van der Waals surface area contributed by atoms with Crippen LogP contribution in [-0.2, 0) is 0 Å². The first-order valence-corrected chi connectivity index (χ1v) is 8.64. The first-order valence-electron chi connectivity index (χ1n) is 7.45. The minimum atomic E-state index is -0.560. The molecule has 25 heavy (non-hydrogen) atoms. The van der Waals surface area contributed by atoms with Crippen LogP contribution in [0.2, 0.25) is 0 Å². The van der Waals surface area contributed by atoms with Gasteiger partial charge < -0.3 is 5.32 Å². The van der Waals surface area contributed by atoms with Crippen molar-refractivity contribution in [3.05, 3.63) is 86.0 Å². The Morgan fingerprint density at radius 3 is 2.28 bits per heavy atom. The summed E-state index contributed by atoms with van der Waals surface area (Å²) in [6.07, 6.45) is 0. The van der Waals surface area contributed by atoms with Gasteiger partial charge in [0.2, 0.25) is 11.6 Å². The second-order valence-corrected chi connectivity index (χ2v) is 6.90. The molecule has 0 radical (unpaired) electrons. The van der Waals surface area contributed by atoms with Crippen molar-refractivity contribution in [3.63, 3.8) is 0 Å². The lowest BCUT2D eigenvalue weighted by molar-refractivity contribution is 0.0984. The Labute approximate surface area is 151 Å². The van der Waals surface area contributed by atoms with Crippen molar-refractivity contribution >= 4 is 50.3 Å². The van der Waals surface area contributed by atoms with Gasteiger partial charge in [-0.1, -0.05) is 41.9 Å². The number of halogens is 1. The SMILES string of the molecule is O=C1C(Cl)=C(Nc2ccccc2)C(=O)c2c1sc1ccccc1c2=O. The van der Waals surface area contributed by atoms with E-state index in [1.54, 1.807) is 48.5 Å². The molecule has 3 aromatic rings. The second-order valence-electron chi connectivity index (χ2n) is 5.47. The van der Waals surface area contributed by atoms with Crippen LogP contribution in [0.3, 0.4) is 0 Å². The number of anilines is 1. The summed E-state index contributed by atoms with van der Waals surface area (Å²) in [6, 6.07) is 15.8. The molecule has 0 saturated carbocycles. The van der Waals surface area contributed by atoms with Crippen molar-refractivity contribution in [2.45, 2.75) is 0 Å². The zero-order chi connectivity index (χ0) is 17.6. The van der Waals surface area contributed by atoms with Gasteiger partial charge in [-0.05, 0) is 24.3 Å². The third-order valence-electron chi connectivity index (χ3n) is 3.92. The minimum absolute atomic E-state index is 0.0649. The van der Waals surface area contributed by atoms with E-state index in [9.17, 15) is 14.4 Å². The van der Waals surface area contributed by atoms with E-state index >= 15 is 0 Å². The van der Waals surface area contributed by atoms with Gasteiger partial charge in [-0.25, -0.2) is 0 Å². The van der Waals surface area contributed by atoms with Crippen molar-refractivity contribution in [1.29, 1.82) is 0 Å². The quantitative estimate of drug-likeness (QED) is 0.737.